The van der Waals surface area contributed by atoms with Crippen molar-refractivity contribution in [3.05, 3.63) is 47.5 Å². The first kappa shape index (κ1) is 12.5. The van der Waals surface area contributed by atoms with Crippen molar-refractivity contribution in [2.45, 2.75) is 0 Å². The Morgan fingerprint density at radius 2 is 2.00 bits per heavy atom. The van der Waals surface area contributed by atoms with E-state index in [2.05, 4.69) is 15.5 Å². The van der Waals surface area contributed by atoms with Crippen LogP contribution in [0.5, 0.6) is 0 Å². The molecular weight excluding hydrogens is 278 g/mol. The minimum absolute atomic E-state index is 0.265. The Balaban J connectivity index is 2.18. The third kappa shape index (κ3) is 2.19. The van der Waals surface area contributed by atoms with Crippen LogP contribution in [0.4, 0.5) is 10.6 Å². The summed E-state index contributed by atoms with van der Waals surface area (Å²) < 4.78 is 0. The van der Waals surface area contributed by atoms with E-state index >= 15 is 0 Å². The molecule has 100 valence electrons. The molecule has 2 aromatic carbocycles. The number of anilines is 1. The second kappa shape index (κ2) is 4.86. The number of benzene rings is 2. The van der Waals surface area contributed by atoms with Gasteiger partial charge in [-0.2, -0.15) is 5.10 Å². The van der Waals surface area contributed by atoms with Gasteiger partial charge in [0.2, 0.25) is 0 Å². The number of carboxylic acid groups (broad SMARTS) is 1. The Kier molecular flexibility index (Phi) is 3.04. The summed E-state index contributed by atoms with van der Waals surface area (Å²) >= 11 is 6.27. The number of halogens is 1. The van der Waals surface area contributed by atoms with Gasteiger partial charge in [0.1, 0.15) is 0 Å². The SMILES string of the molecule is O=C(O)Nc1n[nH]c2cc(Cl)c(-c3ccccc3)cc12. The zero-order valence-electron chi connectivity index (χ0n) is 10.2. The van der Waals surface area contributed by atoms with Gasteiger partial charge in [0.15, 0.2) is 5.82 Å². The average molecular weight is 288 g/mol. The fraction of sp³-hybridized carbons (Fsp3) is 0. The Morgan fingerprint density at radius 1 is 1.25 bits per heavy atom. The number of nitrogens with zero attached hydrogens (tertiary/aromatic N) is 1. The molecule has 0 aliphatic heterocycles. The van der Waals surface area contributed by atoms with E-state index in [1.165, 1.54) is 0 Å². The highest BCUT2D eigenvalue weighted by Gasteiger charge is 2.12. The molecule has 1 heterocycles. The lowest BCUT2D eigenvalue weighted by Gasteiger charge is -2.05. The lowest BCUT2D eigenvalue weighted by molar-refractivity contribution is 0.209. The summed E-state index contributed by atoms with van der Waals surface area (Å²) in [5.41, 5.74) is 2.47. The fourth-order valence-electron chi connectivity index (χ4n) is 2.07. The van der Waals surface area contributed by atoms with Gasteiger partial charge in [0.25, 0.3) is 0 Å². The highest BCUT2D eigenvalue weighted by Crippen LogP contribution is 2.33. The quantitative estimate of drug-likeness (QED) is 0.667. The average Bonchev–Trinajstić information content (AvgIpc) is 2.80. The molecule has 0 spiro atoms. The van der Waals surface area contributed by atoms with Gasteiger partial charge >= 0.3 is 6.09 Å². The number of rotatable bonds is 2. The van der Waals surface area contributed by atoms with E-state index in [0.29, 0.717) is 15.9 Å². The monoisotopic (exact) mass is 287 g/mol. The summed E-state index contributed by atoms with van der Waals surface area (Å²) in [4.78, 5) is 10.7. The van der Waals surface area contributed by atoms with Gasteiger partial charge in [-0.15, -0.1) is 0 Å². The maximum absolute atomic E-state index is 10.7. The van der Waals surface area contributed by atoms with Crippen molar-refractivity contribution in [2.75, 3.05) is 5.32 Å². The zero-order valence-corrected chi connectivity index (χ0v) is 11.0. The number of hydrogen-bond acceptors (Lipinski definition) is 2. The van der Waals surface area contributed by atoms with Crippen LogP contribution >= 0.6 is 11.6 Å². The van der Waals surface area contributed by atoms with E-state index in [4.69, 9.17) is 16.7 Å². The minimum Gasteiger partial charge on any atom is -0.465 e. The van der Waals surface area contributed by atoms with Crippen LogP contribution in [-0.2, 0) is 0 Å². The summed E-state index contributed by atoms with van der Waals surface area (Å²) in [6, 6.07) is 13.2. The van der Waals surface area contributed by atoms with Gasteiger partial charge < -0.3 is 5.11 Å². The fourth-order valence-corrected chi connectivity index (χ4v) is 2.35. The molecule has 0 unspecified atom stereocenters. The number of amides is 1. The van der Waals surface area contributed by atoms with E-state index in [-0.39, 0.29) is 5.82 Å². The standard InChI is InChI=1S/C14H10ClN3O2/c15-11-7-12-10(13(18-17-12)16-14(19)20)6-9(11)8-4-2-1-3-5-8/h1-7H,(H,19,20)(H2,16,17,18). The molecule has 3 aromatic rings. The van der Waals surface area contributed by atoms with Gasteiger partial charge in [-0.1, -0.05) is 41.9 Å². The molecule has 20 heavy (non-hydrogen) atoms. The van der Waals surface area contributed by atoms with Gasteiger partial charge in [0, 0.05) is 10.9 Å². The molecule has 1 amide bonds. The third-order valence-corrected chi connectivity index (χ3v) is 3.27. The lowest BCUT2D eigenvalue weighted by atomic mass is 10.0. The number of H-pyrrole nitrogens is 1. The summed E-state index contributed by atoms with van der Waals surface area (Å²) in [5.74, 6) is 0.265. The van der Waals surface area contributed by atoms with Crippen LogP contribution in [0.2, 0.25) is 5.02 Å². The summed E-state index contributed by atoms with van der Waals surface area (Å²) in [6.45, 7) is 0. The van der Waals surface area contributed by atoms with E-state index < -0.39 is 6.09 Å². The molecule has 3 rings (SSSR count). The number of aromatic amines is 1. The number of fused-ring (bicyclic) bond motifs is 1. The number of hydrogen-bond donors (Lipinski definition) is 3. The Morgan fingerprint density at radius 3 is 2.70 bits per heavy atom. The molecule has 1 aromatic heterocycles. The van der Waals surface area contributed by atoms with Crippen LogP contribution in [0.3, 0.4) is 0 Å². The number of carbonyl (C=O) groups is 1. The third-order valence-electron chi connectivity index (χ3n) is 2.96. The smallest absolute Gasteiger partial charge is 0.410 e. The van der Waals surface area contributed by atoms with Gasteiger partial charge in [-0.25, -0.2) is 4.79 Å². The van der Waals surface area contributed by atoms with Crippen molar-refractivity contribution in [3.8, 4) is 11.1 Å². The first-order chi connectivity index (χ1) is 9.65. The van der Waals surface area contributed by atoms with Crippen LogP contribution in [0.1, 0.15) is 0 Å². The van der Waals surface area contributed by atoms with Crippen LogP contribution < -0.4 is 5.32 Å². The lowest BCUT2D eigenvalue weighted by Crippen LogP contribution is -2.07. The minimum atomic E-state index is -1.16. The number of aromatic nitrogens is 2. The summed E-state index contributed by atoms with van der Waals surface area (Å²) in [6.07, 6.45) is -1.16. The molecule has 0 fully saturated rings. The molecule has 0 aliphatic carbocycles. The molecule has 0 saturated heterocycles. The first-order valence-corrected chi connectivity index (χ1v) is 6.26. The van der Waals surface area contributed by atoms with Crippen molar-refractivity contribution >= 4 is 34.4 Å². The summed E-state index contributed by atoms with van der Waals surface area (Å²) in [7, 11) is 0. The van der Waals surface area contributed by atoms with E-state index in [0.717, 1.165) is 11.1 Å². The highest BCUT2D eigenvalue weighted by atomic mass is 35.5. The molecule has 0 saturated carbocycles. The molecular formula is C14H10ClN3O2. The molecule has 6 heteroatoms. The van der Waals surface area contributed by atoms with Gasteiger partial charge in [-0.05, 0) is 17.7 Å². The molecule has 3 N–H and O–H groups in total. The maximum Gasteiger partial charge on any atom is 0.410 e. The molecule has 5 nitrogen and oxygen atoms in total. The van der Waals surface area contributed by atoms with Gasteiger partial charge in [-0.3, -0.25) is 10.4 Å². The number of nitrogens with one attached hydrogen (secondary N) is 2. The predicted molar refractivity (Wildman–Crippen MR) is 78.2 cm³/mol. The van der Waals surface area contributed by atoms with Crippen molar-refractivity contribution in [2.24, 2.45) is 0 Å². The zero-order chi connectivity index (χ0) is 14.1. The first-order valence-electron chi connectivity index (χ1n) is 5.88. The van der Waals surface area contributed by atoms with Crippen LogP contribution in [0.25, 0.3) is 22.0 Å². The molecule has 0 bridgehead atoms. The Bertz CT molecular complexity index is 784. The normalized spacial score (nSPS) is 10.7. The Labute approximate surface area is 119 Å². The summed E-state index contributed by atoms with van der Waals surface area (Å²) in [5, 5.41) is 19.0. The van der Waals surface area contributed by atoms with Crippen molar-refractivity contribution in [1.29, 1.82) is 0 Å². The largest absolute Gasteiger partial charge is 0.465 e. The van der Waals surface area contributed by atoms with Gasteiger partial charge in [0.05, 0.1) is 10.5 Å². The second-order valence-corrected chi connectivity index (χ2v) is 4.65. The Hall–Kier alpha value is -2.53. The van der Waals surface area contributed by atoms with Crippen LogP contribution in [-0.4, -0.2) is 21.4 Å². The second-order valence-electron chi connectivity index (χ2n) is 4.25. The highest BCUT2D eigenvalue weighted by molar-refractivity contribution is 6.34. The van der Waals surface area contributed by atoms with E-state index in [9.17, 15) is 4.79 Å². The van der Waals surface area contributed by atoms with E-state index in [1.54, 1.807) is 6.07 Å². The van der Waals surface area contributed by atoms with Crippen molar-refractivity contribution < 1.29 is 9.90 Å². The molecule has 0 aliphatic rings. The maximum atomic E-state index is 10.7. The van der Waals surface area contributed by atoms with Crippen molar-refractivity contribution in [1.82, 2.24) is 10.2 Å². The van der Waals surface area contributed by atoms with Crippen LogP contribution in [0.15, 0.2) is 42.5 Å². The molecule has 0 radical (unpaired) electrons. The van der Waals surface area contributed by atoms with E-state index in [1.807, 2.05) is 36.4 Å². The van der Waals surface area contributed by atoms with Crippen LogP contribution in [0, 0.1) is 0 Å². The predicted octanol–water partition coefficient (Wildman–Crippen LogP) is 3.97. The van der Waals surface area contributed by atoms with Crippen molar-refractivity contribution in [3.63, 3.8) is 0 Å². The topological polar surface area (TPSA) is 78.0 Å². The molecule has 0 atom stereocenters.